The minimum absolute atomic E-state index is 0.292. The number of carbonyl (C=O) groups excluding carboxylic acids is 1. The molecular weight excluding hydrogens is 214 g/mol. The number of aryl methyl sites for hydroxylation is 1. The Kier molecular flexibility index (Phi) is 2.39. The van der Waals surface area contributed by atoms with Crippen LogP contribution >= 0.6 is 0 Å². The van der Waals surface area contributed by atoms with E-state index >= 15 is 0 Å². The van der Waals surface area contributed by atoms with Gasteiger partial charge in [-0.15, -0.1) is 0 Å². The van der Waals surface area contributed by atoms with E-state index in [1.54, 1.807) is 12.5 Å². The van der Waals surface area contributed by atoms with Crippen molar-refractivity contribution in [2.45, 2.75) is 32.7 Å². The van der Waals surface area contributed by atoms with E-state index in [4.69, 9.17) is 4.42 Å². The Hall–Kier alpha value is -1.77. The van der Waals surface area contributed by atoms with Crippen molar-refractivity contribution in [3.63, 3.8) is 0 Å². The van der Waals surface area contributed by atoms with Gasteiger partial charge in [-0.3, -0.25) is 4.79 Å². The summed E-state index contributed by atoms with van der Waals surface area (Å²) in [6, 6.07) is 3.99. The van der Waals surface area contributed by atoms with Crippen LogP contribution in [0.4, 0.5) is 0 Å². The van der Waals surface area contributed by atoms with Gasteiger partial charge in [0.05, 0.1) is 19.1 Å². The van der Waals surface area contributed by atoms with E-state index in [0.717, 1.165) is 36.2 Å². The Bertz CT molecular complexity index is 549. The molecule has 1 aliphatic carbocycles. The fraction of sp³-hybridized carbons (Fsp3) is 0.357. The molecule has 0 aromatic carbocycles. The zero-order valence-electron chi connectivity index (χ0n) is 9.90. The van der Waals surface area contributed by atoms with Crippen molar-refractivity contribution in [1.82, 2.24) is 4.57 Å². The maximum atomic E-state index is 11.8. The summed E-state index contributed by atoms with van der Waals surface area (Å²) in [6.07, 6.45) is 6.12. The summed E-state index contributed by atoms with van der Waals surface area (Å²) in [7, 11) is 0. The van der Waals surface area contributed by atoms with Crippen molar-refractivity contribution >= 4 is 5.78 Å². The summed E-state index contributed by atoms with van der Waals surface area (Å²) in [5, 5.41) is 0. The predicted octanol–water partition coefficient (Wildman–Crippen LogP) is 2.96. The van der Waals surface area contributed by atoms with E-state index in [1.807, 2.05) is 12.1 Å². The third kappa shape index (κ3) is 1.71. The summed E-state index contributed by atoms with van der Waals surface area (Å²) in [5.74, 6) is 0.292. The first kappa shape index (κ1) is 10.4. The van der Waals surface area contributed by atoms with Crippen LogP contribution in [0.5, 0.6) is 0 Å². The molecule has 0 spiro atoms. The van der Waals surface area contributed by atoms with E-state index in [1.165, 1.54) is 5.69 Å². The molecule has 0 atom stereocenters. The van der Waals surface area contributed by atoms with Crippen LogP contribution in [0.3, 0.4) is 0 Å². The first-order valence-corrected chi connectivity index (χ1v) is 5.99. The van der Waals surface area contributed by atoms with Crippen LogP contribution < -0.4 is 0 Å². The highest BCUT2D eigenvalue weighted by Gasteiger charge is 2.22. The molecule has 0 saturated heterocycles. The molecule has 0 radical (unpaired) electrons. The van der Waals surface area contributed by atoms with Crippen molar-refractivity contribution in [3.8, 4) is 0 Å². The SMILES string of the molecule is Cc1cc2c(n1Cc1ccoc1)CCCC2=O. The molecule has 2 heterocycles. The van der Waals surface area contributed by atoms with Gasteiger partial charge in [0.2, 0.25) is 0 Å². The molecule has 0 unspecified atom stereocenters. The Morgan fingerprint density at radius 2 is 2.29 bits per heavy atom. The molecule has 1 aliphatic rings. The fourth-order valence-electron chi connectivity index (χ4n) is 2.58. The van der Waals surface area contributed by atoms with Gasteiger partial charge >= 0.3 is 0 Å². The van der Waals surface area contributed by atoms with Gasteiger partial charge in [-0.2, -0.15) is 0 Å². The lowest BCUT2D eigenvalue weighted by Gasteiger charge is -2.15. The number of furan rings is 1. The highest BCUT2D eigenvalue weighted by molar-refractivity contribution is 5.98. The summed E-state index contributed by atoms with van der Waals surface area (Å²) >= 11 is 0. The minimum Gasteiger partial charge on any atom is -0.472 e. The van der Waals surface area contributed by atoms with E-state index < -0.39 is 0 Å². The molecule has 2 aromatic rings. The second-order valence-corrected chi connectivity index (χ2v) is 4.64. The summed E-state index contributed by atoms with van der Waals surface area (Å²) in [5.41, 5.74) is 4.42. The molecule has 0 bridgehead atoms. The predicted molar refractivity (Wildman–Crippen MR) is 64.2 cm³/mol. The molecule has 17 heavy (non-hydrogen) atoms. The van der Waals surface area contributed by atoms with Crippen LogP contribution in [-0.4, -0.2) is 10.4 Å². The van der Waals surface area contributed by atoms with Gasteiger partial charge in [0.1, 0.15) is 0 Å². The van der Waals surface area contributed by atoms with Crippen molar-refractivity contribution in [1.29, 1.82) is 0 Å². The number of fused-ring (bicyclic) bond motifs is 1. The smallest absolute Gasteiger partial charge is 0.164 e. The monoisotopic (exact) mass is 229 g/mol. The zero-order valence-corrected chi connectivity index (χ0v) is 9.90. The molecule has 0 aliphatic heterocycles. The lowest BCUT2D eigenvalue weighted by atomic mass is 9.96. The summed E-state index contributed by atoms with van der Waals surface area (Å²) in [4.78, 5) is 11.8. The normalized spacial score (nSPS) is 15.0. The number of rotatable bonds is 2. The van der Waals surface area contributed by atoms with Crippen molar-refractivity contribution < 1.29 is 9.21 Å². The first-order valence-electron chi connectivity index (χ1n) is 5.99. The Morgan fingerprint density at radius 1 is 1.41 bits per heavy atom. The number of Topliss-reactive ketones (excluding diaryl/α,β-unsaturated/α-hetero) is 1. The Balaban J connectivity index is 2.02. The van der Waals surface area contributed by atoms with Gasteiger partial charge in [0.25, 0.3) is 0 Å². The number of nitrogens with zero attached hydrogens (tertiary/aromatic N) is 1. The highest BCUT2D eigenvalue weighted by Crippen LogP contribution is 2.25. The van der Waals surface area contributed by atoms with Crippen LogP contribution in [-0.2, 0) is 13.0 Å². The van der Waals surface area contributed by atoms with E-state index in [2.05, 4.69) is 11.5 Å². The van der Waals surface area contributed by atoms with Crippen LogP contribution in [0.15, 0.2) is 29.1 Å². The summed E-state index contributed by atoms with van der Waals surface area (Å²) in [6.45, 7) is 2.86. The quantitative estimate of drug-likeness (QED) is 0.793. The molecular formula is C14H15NO2. The van der Waals surface area contributed by atoms with E-state index in [-0.39, 0.29) is 0 Å². The molecule has 0 saturated carbocycles. The topological polar surface area (TPSA) is 35.1 Å². The number of carbonyl (C=O) groups is 1. The van der Waals surface area contributed by atoms with Crippen LogP contribution in [0.1, 0.15) is 40.2 Å². The molecule has 3 heteroatoms. The van der Waals surface area contributed by atoms with Gasteiger partial charge in [-0.25, -0.2) is 0 Å². The second-order valence-electron chi connectivity index (χ2n) is 4.64. The average molecular weight is 229 g/mol. The van der Waals surface area contributed by atoms with Gasteiger partial charge < -0.3 is 8.98 Å². The molecule has 3 nitrogen and oxygen atoms in total. The second kappa shape index (κ2) is 3.91. The van der Waals surface area contributed by atoms with E-state index in [9.17, 15) is 4.79 Å². The zero-order chi connectivity index (χ0) is 11.8. The fourth-order valence-corrected chi connectivity index (χ4v) is 2.58. The van der Waals surface area contributed by atoms with Crippen molar-refractivity contribution in [2.24, 2.45) is 0 Å². The van der Waals surface area contributed by atoms with Crippen LogP contribution in [0, 0.1) is 6.92 Å². The summed E-state index contributed by atoms with van der Waals surface area (Å²) < 4.78 is 7.32. The number of hydrogen-bond donors (Lipinski definition) is 0. The van der Waals surface area contributed by atoms with Crippen LogP contribution in [0.25, 0.3) is 0 Å². The number of ketones is 1. The third-order valence-corrected chi connectivity index (χ3v) is 3.45. The van der Waals surface area contributed by atoms with E-state index in [0.29, 0.717) is 12.2 Å². The largest absolute Gasteiger partial charge is 0.472 e. The lowest BCUT2D eigenvalue weighted by molar-refractivity contribution is 0.0972. The minimum atomic E-state index is 0.292. The Labute approximate surface area is 100 Å². The molecule has 0 fully saturated rings. The maximum absolute atomic E-state index is 11.8. The molecule has 0 N–H and O–H groups in total. The Morgan fingerprint density at radius 3 is 3.06 bits per heavy atom. The van der Waals surface area contributed by atoms with Gasteiger partial charge in [-0.1, -0.05) is 0 Å². The van der Waals surface area contributed by atoms with Gasteiger partial charge in [0, 0.05) is 28.9 Å². The molecule has 88 valence electrons. The first-order chi connectivity index (χ1) is 8.25. The maximum Gasteiger partial charge on any atom is 0.164 e. The lowest BCUT2D eigenvalue weighted by Crippen LogP contribution is -2.14. The molecule has 0 amide bonds. The number of aromatic nitrogens is 1. The average Bonchev–Trinajstić information content (AvgIpc) is 2.91. The molecule has 2 aromatic heterocycles. The molecule has 3 rings (SSSR count). The van der Waals surface area contributed by atoms with Gasteiger partial charge in [-0.05, 0) is 31.9 Å². The van der Waals surface area contributed by atoms with Crippen LogP contribution in [0.2, 0.25) is 0 Å². The highest BCUT2D eigenvalue weighted by atomic mass is 16.3. The van der Waals surface area contributed by atoms with Crippen molar-refractivity contribution in [3.05, 3.63) is 47.2 Å². The third-order valence-electron chi connectivity index (χ3n) is 3.45. The standard InChI is InChI=1S/C14H15NO2/c1-10-7-12-13(3-2-4-14(12)16)15(10)8-11-5-6-17-9-11/h5-7,9H,2-4,8H2,1H3. The number of hydrogen-bond acceptors (Lipinski definition) is 2. The van der Waals surface area contributed by atoms with Gasteiger partial charge in [0.15, 0.2) is 5.78 Å². The van der Waals surface area contributed by atoms with Crippen molar-refractivity contribution in [2.75, 3.05) is 0 Å².